The van der Waals surface area contributed by atoms with Crippen LogP contribution in [0.25, 0.3) is 50.2 Å². The second-order valence-electron chi connectivity index (χ2n) is 8.52. The maximum absolute atomic E-state index is 5.11. The van der Waals surface area contributed by atoms with Crippen molar-refractivity contribution in [2.24, 2.45) is 7.05 Å². The number of aryl methyl sites for hydroxylation is 3. The number of nitrogens with zero attached hydrogens (tertiary/aromatic N) is 4. The lowest BCUT2D eigenvalue weighted by Crippen LogP contribution is -2.32. The van der Waals surface area contributed by atoms with Crippen LogP contribution in [0, 0.1) is 13.8 Å². The molecule has 1 aliphatic rings. The highest BCUT2D eigenvalue weighted by Crippen LogP contribution is 2.41. The number of imidazole rings is 1. The average Bonchev–Trinajstić information content (AvgIpc) is 3.26. The van der Waals surface area contributed by atoms with Gasteiger partial charge in [-0.2, -0.15) is 0 Å². The number of hydrogen-bond acceptors (Lipinski definition) is 2. The van der Waals surface area contributed by atoms with Crippen molar-refractivity contribution in [1.29, 1.82) is 0 Å². The molecule has 5 aromatic rings. The first-order chi connectivity index (χ1) is 14.5. The Bertz CT molecular complexity index is 1550. The topological polar surface area (TPSA) is 34.6 Å². The minimum absolute atomic E-state index is 0.907. The fraction of sp³-hybridized carbons (Fsp3) is 0.192. The van der Waals surface area contributed by atoms with Crippen molar-refractivity contribution in [3.63, 3.8) is 0 Å². The van der Waals surface area contributed by atoms with Crippen LogP contribution in [0.15, 0.2) is 54.4 Å². The van der Waals surface area contributed by atoms with Crippen LogP contribution in [-0.2, 0) is 13.5 Å². The molecule has 0 aliphatic carbocycles. The van der Waals surface area contributed by atoms with Crippen molar-refractivity contribution >= 4 is 38.9 Å². The quantitative estimate of drug-likeness (QED) is 0.365. The van der Waals surface area contributed by atoms with Crippen LogP contribution < -0.4 is 4.57 Å². The van der Waals surface area contributed by atoms with E-state index in [4.69, 9.17) is 9.97 Å². The molecule has 6 rings (SSSR count). The number of fused-ring (bicyclic) bond motifs is 6. The standard InChI is InChI=1S/C26H23N4/c1-15-9-10-20-21(11-15)27-14-29(4)25(20)23-17(3)18-7-5-6-8-19(18)24-26(23)30-13-16(2)12-22(30)28-24/h5-11,13-14H,12H2,1-4H3/q+1. The molecule has 4 heteroatoms. The Morgan fingerprint density at radius 2 is 1.77 bits per heavy atom. The molecule has 1 aliphatic heterocycles. The molecule has 0 fully saturated rings. The van der Waals surface area contributed by atoms with Gasteiger partial charge in [-0.1, -0.05) is 30.3 Å². The number of aromatic nitrogens is 4. The average molecular weight is 391 g/mol. The molecule has 0 unspecified atom stereocenters. The van der Waals surface area contributed by atoms with Crippen molar-refractivity contribution in [1.82, 2.24) is 14.5 Å². The lowest BCUT2D eigenvalue weighted by Gasteiger charge is -2.14. The van der Waals surface area contributed by atoms with Crippen molar-refractivity contribution < 1.29 is 4.57 Å². The highest BCUT2D eigenvalue weighted by molar-refractivity contribution is 6.15. The summed E-state index contributed by atoms with van der Waals surface area (Å²) in [6.45, 7) is 6.53. The van der Waals surface area contributed by atoms with Crippen molar-refractivity contribution in [2.75, 3.05) is 0 Å². The summed E-state index contributed by atoms with van der Waals surface area (Å²) in [4.78, 5) is 9.81. The second-order valence-corrected chi connectivity index (χ2v) is 8.52. The molecule has 2 aromatic heterocycles. The van der Waals surface area contributed by atoms with Gasteiger partial charge in [-0.05, 0) is 60.0 Å². The maximum Gasteiger partial charge on any atom is 0.287 e. The third-order valence-corrected chi connectivity index (χ3v) is 6.34. The van der Waals surface area contributed by atoms with Gasteiger partial charge in [-0.15, -0.1) is 0 Å². The Morgan fingerprint density at radius 1 is 0.967 bits per heavy atom. The molecule has 0 radical (unpaired) electrons. The van der Waals surface area contributed by atoms with E-state index in [0.29, 0.717) is 0 Å². The summed E-state index contributed by atoms with van der Waals surface area (Å²) in [7, 11) is 2.09. The molecule has 0 bridgehead atoms. The molecule has 4 nitrogen and oxygen atoms in total. The zero-order valence-electron chi connectivity index (χ0n) is 17.7. The smallest absolute Gasteiger partial charge is 0.287 e. The van der Waals surface area contributed by atoms with E-state index in [1.807, 2.05) is 6.33 Å². The van der Waals surface area contributed by atoms with Crippen LogP contribution in [0.2, 0.25) is 0 Å². The molecule has 0 saturated heterocycles. The summed E-state index contributed by atoms with van der Waals surface area (Å²) in [5, 5.41) is 3.65. The predicted molar refractivity (Wildman–Crippen MR) is 122 cm³/mol. The Kier molecular flexibility index (Phi) is 3.46. The van der Waals surface area contributed by atoms with E-state index in [9.17, 15) is 0 Å². The highest BCUT2D eigenvalue weighted by atomic mass is 15.1. The molecule has 3 aromatic carbocycles. The lowest BCUT2D eigenvalue weighted by atomic mass is 9.93. The Hall–Kier alpha value is -3.53. The van der Waals surface area contributed by atoms with Gasteiger partial charge in [0.25, 0.3) is 6.33 Å². The monoisotopic (exact) mass is 391 g/mol. The number of benzene rings is 3. The van der Waals surface area contributed by atoms with E-state index in [1.54, 1.807) is 0 Å². The zero-order valence-corrected chi connectivity index (χ0v) is 17.7. The van der Waals surface area contributed by atoms with E-state index >= 15 is 0 Å². The summed E-state index contributed by atoms with van der Waals surface area (Å²) in [5.41, 5.74) is 9.58. The van der Waals surface area contributed by atoms with Crippen LogP contribution in [0.4, 0.5) is 0 Å². The summed E-state index contributed by atoms with van der Waals surface area (Å²) >= 11 is 0. The van der Waals surface area contributed by atoms with Crippen LogP contribution >= 0.6 is 0 Å². The van der Waals surface area contributed by atoms with Gasteiger partial charge >= 0.3 is 0 Å². The molecule has 30 heavy (non-hydrogen) atoms. The number of rotatable bonds is 1. The van der Waals surface area contributed by atoms with Gasteiger partial charge < -0.3 is 4.57 Å². The Morgan fingerprint density at radius 3 is 2.60 bits per heavy atom. The molecule has 0 amide bonds. The summed E-state index contributed by atoms with van der Waals surface area (Å²) in [6.07, 6.45) is 5.08. The number of allylic oxidation sites excluding steroid dienone is 1. The van der Waals surface area contributed by atoms with Crippen molar-refractivity contribution in [2.45, 2.75) is 27.2 Å². The van der Waals surface area contributed by atoms with Crippen LogP contribution in [0.3, 0.4) is 0 Å². The second kappa shape index (κ2) is 5.99. The maximum atomic E-state index is 5.11. The molecule has 0 atom stereocenters. The van der Waals surface area contributed by atoms with Crippen molar-refractivity contribution in [3.8, 4) is 11.3 Å². The van der Waals surface area contributed by atoms with Crippen molar-refractivity contribution in [3.05, 3.63) is 71.3 Å². The fourth-order valence-electron chi connectivity index (χ4n) is 4.96. The van der Waals surface area contributed by atoms with Gasteiger partial charge in [0, 0.05) is 18.0 Å². The molecule has 3 heterocycles. The molecular formula is C26H23N4+. The van der Waals surface area contributed by atoms with Gasteiger partial charge in [0.05, 0.1) is 29.0 Å². The zero-order chi connectivity index (χ0) is 20.6. The fourth-order valence-corrected chi connectivity index (χ4v) is 4.96. The minimum atomic E-state index is 0.907. The van der Waals surface area contributed by atoms with Crippen LogP contribution in [0.1, 0.15) is 23.9 Å². The largest absolute Gasteiger partial charge is 0.302 e. The first-order valence-electron chi connectivity index (χ1n) is 10.4. The van der Waals surface area contributed by atoms with E-state index in [1.165, 1.54) is 49.6 Å². The molecule has 0 saturated carbocycles. The van der Waals surface area contributed by atoms with Crippen LogP contribution in [0.5, 0.6) is 0 Å². The Balaban J connectivity index is 1.88. The minimum Gasteiger partial charge on any atom is -0.302 e. The van der Waals surface area contributed by atoms with Gasteiger partial charge in [0.2, 0.25) is 0 Å². The third-order valence-electron chi connectivity index (χ3n) is 6.34. The SMILES string of the molecule is CC1=Cn2c(nc3c4ccccc4c(C)c(-c4c5ccc(C)cc5nc[n+]4C)c32)C1. The summed E-state index contributed by atoms with van der Waals surface area (Å²) in [5.74, 6) is 1.12. The molecular weight excluding hydrogens is 368 g/mol. The molecule has 0 N–H and O–H groups in total. The summed E-state index contributed by atoms with van der Waals surface area (Å²) in [6, 6.07) is 15.2. The highest BCUT2D eigenvalue weighted by Gasteiger charge is 2.27. The normalized spacial score (nSPS) is 13.4. The third kappa shape index (κ3) is 2.25. The lowest BCUT2D eigenvalue weighted by molar-refractivity contribution is -0.662. The molecule has 0 spiro atoms. The van der Waals surface area contributed by atoms with Gasteiger partial charge in [0.15, 0.2) is 5.52 Å². The number of hydrogen-bond donors (Lipinski definition) is 0. The van der Waals surface area contributed by atoms with E-state index in [0.717, 1.165) is 23.3 Å². The van der Waals surface area contributed by atoms with Gasteiger partial charge in [0.1, 0.15) is 11.5 Å². The first kappa shape index (κ1) is 17.3. The van der Waals surface area contributed by atoms with Gasteiger partial charge in [-0.3, -0.25) is 0 Å². The van der Waals surface area contributed by atoms with E-state index in [2.05, 4.69) is 85.6 Å². The van der Waals surface area contributed by atoms with E-state index in [-0.39, 0.29) is 0 Å². The summed E-state index contributed by atoms with van der Waals surface area (Å²) < 4.78 is 4.46. The van der Waals surface area contributed by atoms with E-state index < -0.39 is 0 Å². The predicted octanol–water partition coefficient (Wildman–Crippen LogP) is 5.26. The Labute approximate surface area is 175 Å². The van der Waals surface area contributed by atoms with Crippen LogP contribution in [-0.4, -0.2) is 14.5 Å². The molecule has 146 valence electrons. The first-order valence-corrected chi connectivity index (χ1v) is 10.4. The van der Waals surface area contributed by atoms with Gasteiger partial charge in [-0.25, -0.2) is 9.55 Å².